The number of carbonyl (C=O) groups excluding carboxylic acids is 1. The van der Waals surface area contributed by atoms with E-state index in [1.54, 1.807) is 16.8 Å². The van der Waals surface area contributed by atoms with Gasteiger partial charge in [-0.25, -0.2) is 18.4 Å². The first-order valence-corrected chi connectivity index (χ1v) is 9.84. The number of carbonyl (C=O) groups is 1. The fourth-order valence-electron chi connectivity index (χ4n) is 3.37. The van der Waals surface area contributed by atoms with Gasteiger partial charge in [0.1, 0.15) is 0 Å². The van der Waals surface area contributed by atoms with Crippen molar-refractivity contribution in [3.05, 3.63) is 65.2 Å². The third kappa shape index (κ3) is 2.92. The molecule has 3 aromatic rings. The maximum absolute atomic E-state index is 12.2. The standard InChI is InChI=1S/C19H17N3O4S/c1-26-19(23)17-16-11-6-12-4-2-3-5-15(12)18(16)22(21-17)13-7-9-14(10-8-13)27(20,24)25/h2-7,9-11,13H,8H2,1H3,(H2,20,24,25). The molecule has 8 heteroatoms. The highest BCUT2D eigenvalue weighted by Gasteiger charge is 2.24. The topological polar surface area (TPSA) is 104 Å². The first-order valence-electron chi connectivity index (χ1n) is 8.29. The highest BCUT2D eigenvalue weighted by atomic mass is 32.2. The third-order valence-electron chi connectivity index (χ3n) is 4.66. The molecule has 1 aromatic heterocycles. The van der Waals surface area contributed by atoms with Crippen molar-refractivity contribution in [2.24, 2.45) is 5.14 Å². The number of benzene rings is 2. The van der Waals surface area contributed by atoms with Gasteiger partial charge in [0.2, 0.25) is 10.0 Å². The Balaban J connectivity index is 1.93. The predicted octanol–water partition coefficient (Wildman–Crippen LogP) is 2.65. The van der Waals surface area contributed by atoms with Gasteiger partial charge >= 0.3 is 5.97 Å². The van der Waals surface area contributed by atoms with Crippen molar-refractivity contribution in [1.29, 1.82) is 0 Å². The summed E-state index contributed by atoms with van der Waals surface area (Å²) in [5, 5.41) is 12.4. The molecule has 138 valence electrons. The summed E-state index contributed by atoms with van der Waals surface area (Å²) >= 11 is 0. The fourth-order valence-corrected chi connectivity index (χ4v) is 3.97. The monoisotopic (exact) mass is 383 g/mol. The number of primary sulfonamides is 1. The Morgan fingerprint density at radius 3 is 2.67 bits per heavy atom. The van der Waals surface area contributed by atoms with E-state index in [1.807, 2.05) is 36.4 Å². The van der Waals surface area contributed by atoms with E-state index in [4.69, 9.17) is 9.88 Å². The van der Waals surface area contributed by atoms with Crippen molar-refractivity contribution < 1.29 is 17.9 Å². The molecule has 0 fully saturated rings. The number of allylic oxidation sites excluding steroid dienone is 3. The molecule has 0 radical (unpaired) electrons. The van der Waals surface area contributed by atoms with E-state index < -0.39 is 16.0 Å². The van der Waals surface area contributed by atoms with Gasteiger partial charge in [-0.3, -0.25) is 4.68 Å². The number of nitrogens with zero attached hydrogens (tertiary/aromatic N) is 2. The Morgan fingerprint density at radius 2 is 2.00 bits per heavy atom. The van der Waals surface area contributed by atoms with Gasteiger partial charge in [-0.1, -0.05) is 42.5 Å². The van der Waals surface area contributed by atoms with E-state index in [-0.39, 0.29) is 16.6 Å². The zero-order valence-corrected chi connectivity index (χ0v) is 15.3. The number of esters is 1. The summed E-state index contributed by atoms with van der Waals surface area (Å²) in [5.41, 5.74) is 1.03. The second kappa shape index (κ2) is 6.33. The first kappa shape index (κ1) is 17.4. The van der Waals surface area contributed by atoms with E-state index in [0.717, 1.165) is 16.3 Å². The van der Waals surface area contributed by atoms with Crippen LogP contribution in [0.2, 0.25) is 0 Å². The second-order valence-electron chi connectivity index (χ2n) is 6.28. The molecule has 1 heterocycles. The number of hydrogen-bond donors (Lipinski definition) is 1. The summed E-state index contributed by atoms with van der Waals surface area (Å²) < 4.78 is 29.7. The molecule has 1 aliphatic carbocycles. The van der Waals surface area contributed by atoms with Crippen LogP contribution in [-0.4, -0.2) is 31.3 Å². The zero-order valence-electron chi connectivity index (χ0n) is 14.5. The molecular weight excluding hydrogens is 366 g/mol. The molecular formula is C19H17N3O4S. The summed E-state index contributed by atoms with van der Waals surface area (Å²) in [6, 6.07) is 11.4. The normalized spacial score (nSPS) is 17.3. The molecule has 0 spiro atoms. The van der Waals surface area contributed by atoms with E-state index in [9.17, 15) is 13.2 Å². The number of hydrogen-bond acceptors (Lipinski definition) is 5. The number of aromatic nitrogens is 2. The van der Waals surface area contributed by atoms with Gasteiger partial charge in [-0.05, 0) is 23.9 Å². The Kier molecular flexibility index (Phi) is 4.09. The molecule has 4 rings (SSSR count). The Labute approximate surface area is 155 Å². The quantitative estimate of drug-likeness (QED) is 0.700. The van der Waals surface area contributed by atoms with Gasteiger partial charge in [0.05, 0.1) is 23.6 Å². The summed E-state index contributed by atoms with van der Waals surface area (Å²) in [6.07, 6.45) is 5.16. The van der Waals surface area contributed by atoms with Gasteiger partial charge in [0, 0.05) is 10.8 Å². The van der Waals surface area contributed by atoms with Crippen LogP contribution in [0.1, 0.15) is 23.0 Å². The van der Waals surface area contributed by atoms with E-state index in [1.165, 1.54) is 13.2 Å². The minimum absolute atomic E-state index is 0.0771. The average molecular weight is 383 g/mol. The van der Waals surface area contributed by atoms with Crippen LogP contribution >= 0.6 is 0 Å². The maximum atomic E-state index is 12.2. The smallest absolute Gasteiger partial charge is 0.359 e. The summed E-state index contributed by atoms with van der Waals surface area (Å²) in [7, 11) is -2.43. The van der Waals surface area contributed by atoms with Crippen LogP contribution in [0.5, 0.6) is 0 Å². The summed E-state index contributed by atoms with van der Waals surface area (Å²) in [4.78, 5) is 12.3. The van der Waals surface area contributed by atoms with Crippen LogP contribution in [0.25, 0.3) is 21.7 Å². The molecule has 1 atom stereocenters. The third-order valence-corrected chi connectivity index (χ3v) is 5.62. The second-order valence-corrected chi connectivity index (χ2v) is 7.84. The van der Waals surface area contributed by atoms with Crippen LogP contribution in [0, 0.1) is 0 Å². The molecule has 2 aromatic carbocycles. The Hall–Kier alpha value is -2.97. The van der Waals surface area contributed by atoms with Crippen LogP contribution in [0.4, 0.5) is 0 Å². The average Bonchev–Trinajstić information content (AvgIpc) is 3.07. The van der Waals surface area contributed by atoms with Crippen molar-refractivity contribution >= 4 is 37.7 Å². The van der Waals surface area contributed by atoms with Crippen molar-refractivity contribution in [2.45, 2.75) is 12.5 Å². The van der Waals surface area contributed by atoms with Crippen LogP contribution < -0.4 is 5.14 Å². The lowest BCUT2D eigenvalue weighted by molar-refractivity contribution is 0.0595. The SMILES string of the molecule is COC(=O)c1nn(C2C=CC(S(N)(=O)=O)=CC2)c2c1ccc1ccccc12. The minimum atomic E-state index is -3.75. The van der Waals surface area contributed by atoms with Crippen molar-refractivity contribution in [2.75, 3.05) is 7.11 Å². The van der Waals surface area contributed by atoms with Crippen molar-refractivity contribution in [3.8, 4) is 0 Å². The largest absolute Gasteiger partial charge is 0.464 e. The van der Waals surface area contributed by atoms with E-state index in [2.05, 4.69) is 5.10 Å². The maximum Gasteiger partial charge on any atom is 0.359 e. The minimum Gasteiger partial charge on any atom is -0.464 e. The molecule has 0 bridgehead atoms. The number of fused-ring (bicyclic) bond motifs is 3. The molecule has 1 unspecified atom stereocenters. The molecule has 2 N–H and O–H groups in total. The predicted molar refractivity (Wildman–Crippen MR) is 103 cm³/mol. The molecule has 0 saturated carbocycles. The summed E-state index contributed by atoms with van der Waals surface area (Å²) in [5.74, 6) is -0.519. The molecule has 0 amide bonds. The van der Waals surface area contributed by atoms with Crippen LogP contribution in [0.3, 0.4) is 0 Å². The highest BCUT2D eigenvalue weighted by molar-refractivity contribution is 7.93. The number of methoxy groups -OCH3 is 1. The summed E-state index contributed by atoms with van der Waals surface area (Å²) in [6.45, 7) is 0. The zero-order chi connectivity index (χ0) is 19.2. The number of rotatable bonds is 3. The molecule has 7 nitrogen and oxygen atoms in total. The van der Waals surface area contributed by atoms with Gasteiger partial charge < -0.3 is 4.74 Å². The van der Waals surface area contributed by atoms with E-state index in [0.29, 0.717) is 11.8 Å². The van der Waals surface area contributed by atoms with Crippen molar-refractivity contribution in [1.82, 2.24) is 9.78 Å². The number of ether oxygens (including phenoxy) is 1. The van der Waals surface area contributed by atoms with Gasteiger partial charge in [-0.15, -0.1) is 0 Å². The molecule has 1 aliphatic rings. The van der Waals surface area contributed by atoms with Crippen LogP contribution in [0.15, 0.2) is 59.5 Å². The lowest BCUT2D eigenvalue weighted by atomic mass is 10.0. The fraction of sp³-hybridized carbons (Fsp3) is 0.158. The van der Waals surface area contributed by atoms with Gasteiger partial charge in [0.15, 0.2) is 5.69 Å². The highest BCUT2D eigenvalue weighted by Crippen LogP contribution is 2.33. The van der Waals surface area contributed by atoms with Gasteiger partial charge in [0.25, 0.3) is 0 Å². The first-order chi connectivity index (χ1) is 12.9. The lowest BCUT2D eigenvalue weighted by Gasteiger charge is -2.17. The Morgan fingerprint density at radius 1 is 1.22 bits per heavy atom. The molecule has 0 saturated heterocycles. The van der Waals surface area contributed by atoms with Crippen molar-refractivity contribution in [3.63, 3.8) is 0 Å². The van der Waals surface area contributed by atoms with Gasteiger partial charge in [-0.2, -0.15) is 5.10 Å². The molecule has 27 heavy (non-hydrogen) atoms. The van der Waals surface area contributed by atoms with Crippen LogP contribution in [-0.2, 0) is 14.8 Å². The Bertz CT molecular complexity index is 1240. The van der Waals surface area contributed by atoms with E-state index >= 15 is 0 Å². The number of nitrogens with two attached hydrogens (primary N) is 1. The molecule has 0 aliphatic heterocycles. The lowest BCUT2D eigenvalue weighted by Crippen LogP contribution is -2.17. The number of sulfonamides is 1.